The topological polar surface area (TPSA) is 205 Å². The molecule has 2 rings (SSSR count). The lowest BCUT2D eigenvalue weighted by Crippen LogP contribution is -2.58. The number of likely N-dealkylation sites (tertiary alicyclic amines) is 1. The van der Waals surface area contributed by atoms with Crippen molar-refractivity contribution in [2.45, 2.75) is 63.7 Å². The lowest BCUT2D eigenvalue weighted by molar-refractivity contribution is -0.144. The van der Waals surface area contributed by atoms with Gasteiger partial charge in [0, 0.05) is 6.54 Å². The highest BCUT2D eigenvalue weighted by atomic mass is 16.4. The van der Waals surface area contributed by atoms with E-state index in [0.717, 1.165) is 5.56 Å². The molecule has 1 aliphatic heterocycles. The van der Waals surface area contributed by atoms with Crippen LogP contribution in [-0.4, -0.2) is 75.4 Å². The molecular formula is C23H33N5O7. The van der Waals surface area contributed by atoms with Crippen LogP contribution in [0.4, 0.5) is 0 Å². The minimum atomic E-state index is -1.53. The SMILES string of the molecule is CC(C)C(NC(=O)C1CCCN1C(=O)C(N)Cc1ccc(O)cc1)C(=O)NC(CC(N)=O)C(=O)O. The van der Waals surface area contributed by atoms with Gasteiger partial charge in [-0.2, -0.15) is 0 Å². The van der Waals surface area contributed by atoms with Crippen LogP contribution in [0.3, 0.4) is 0 Å². The molecular weight excluding hydrogens is 458 g/mol. The molecule has 192 valence electrons. The second-order valence-electron chi connectivity index (χ2n) is 8.97. The normalized spacial score (nSPS) is 17.9. The average Bonchev–Trinajstić information content (AvgIpc) is 3.27. The Morgan fingerprint density at radius 3 is 2.29 bits per heavy atom. The maximum absolute atomic E-state index is 13.1. The minimum absolute atomic E-state index is 0.0953. The molecule has 1 heterocycles. The number of nitrogens with one attached hydrogen (secondary N) is 2. The van der Waals surface area contributed by atoms with E-state index in [2.05, 4.69) is 10.6 Å². The van der Waals surface area contributed by atoms with Crippen molar-refractivity contribution in [3.8, 4) is 5.75 Å². The molecule has 0 aliphatic carbocycles. The molecule has 35 heavy (non-hydrogen) atoms. The van der Waals surface area contributed by atoms with E-state index in [1.54, 1.807) is 26.0 Å². The predicted octanol–water partition coefficient (Wildman–Crippen LogP) is -1.16. The summed E-state index contributed by atoms with van der Waals surface area (Å²) in [5, 5.41) is 23.5. The maximum atomic E-state index is 13.1. The number of carbonyl (C=O) groups is 5. The first-order valence-electron chi connectivity index (χ1n) is 11.4. The Balaban J connectivity index is 2.06. The molecule has 8 N–H and O–H groups in total. The van der Waals surface area contributed by atoms with Crippen LogP contribution in [0.1, 0.15) is 38.7 Å². The maximum Gasteiger partial charge on any atom is 0.326 e. The number of phenolic OH excluding ortho intramolecular Hbond substituents is 1. The Morgan fingerprint density at radius 1 is 1.11 bits per heavy atom. The third kappa shape index (κ3) is 7.67. The summed E-state index contributed by atoms with van der Waals surface area (Å²) in [6.45, 7) is 3.66. The van der Waals surface area contributed by atoms with Crippen LogP contribution in [0.5, 0.6) is 5.75 Å². The molecule has 1 aliphatic rings. The number of aliphatic carboxylic acids is 1. The fourth-order valence-electron chi connectivity index (χ4n) is 3.94. The number of primary amides is 1. The van der Waals surface area contributed by atoms with Gasteiger partial charge in [-0.1, -0.05) is 26.0 Å². The molecule has 12 heteroatoms. The number of nitrogens with zero attached hydrogens (tertiary/aromatic N) is 1. The number of phenols is 1. The van der Waals surface area contributed by atoms with E-state index in [1.807, 2.05) is 0 Å². The number of carboxylic acid groups (broad SMARTS) is 1. The molecule has 1 aromatic rings. The molecule has 4 unspecified atom stereocenters. The smallest absolute Gasteiger partial charge is 0.326 e. The molecule has 0 aromatic heterocycles. The largest absolute Gasteiger partial charge is 0.508 e. The lowest BCUT2D eigenvalue weighted by atomic mass is 10.0. The Labute approximate surface area is 203 Å². The van der Waals surface area contributed by atoms with Crippen LogP contribution < -0.4 is 22.1 Å². The molecule has 0 bridgehead atoms. The van der Waals surface area contributed by atoms with E-state index in [1.165, 1.54) is 17.0 Å². The van der Waals surface area contributed by atoms with Gasteiger partial charge in [0.25, 0.3) is 0 Å². The van der Waals surface area contributed by atoms with Crippen molar-refractivity contribution in [2.24, 2.45) is 17.4 Å². The molecule has 4 atom stereocenters. The molecule has 1 aromatic carbocycles. The number of nitrogens with two attached hydrogens (primary N) is 2. The van der Waals surface area contributed by atoms with Gasteiger partial charge in [0.05, 0.1) is 12.5 Å². The van der Waals surface area contributed by atoms with Crippen LogP contribution >= 0.6 is 0 Å². The fourth-order valence-corrected chi connectivity index (χ4v) is 3.94. The van der Waals surface area contributed by atoms with E-state index >= 15 is 0 Å². The number of benzene rings is 1. The van der Waals surface area contributed by atoms with Gasteiger partial charge in [0.1, 0.15) is 23.9 Å². The molecule has 1 saturated heterocycles. The molecule has 0 spiro atoms. The molecule has 12 nitrogen and oxygen atoms in total. The van der Waals surface area contributed by atoms with Crippen LogP contribution in [0, 0.1) is 5.92 Å². The second kappa shape index (κ2) is 12.2. The summed E-state index contributed by atoms with van der Waals surface area (Å²) in [6, 6.07) is 1.95. The van der Waals surface area contributed by atoms with Crippen molar-refractivity contribution in [2.75, 3.05) is 6.54 Å². The Kier molecular flexibility index (Phi) is 9.58. The van der Waals surface area contributed by atoms with Crippen molar-refractivity contribution in [3.05, 3.63) is 29.8 Å². The van der Waals surface area contributed by atoms with E-state index in [-0.39, 0.29) is 12.2 Å². The summed E-state index contributed by atoms with van der Waals surface area (Å²) in [5.41, 5.74) is 11.9. The third-order valence-corrected chi connectivity index (χ3v) is 5.81. The third-order valence-electron chi connectivity index (χ3n) is 5.81. The zero-order valence-electron chi connectivity index (χ0n) is 19.8. The number of hydrogen-bond acceptors (Lipinski definition) is 7. The fraction of sp³-hybridized carbons (Fsp3) is 0.522. The summed E-state index contributed by atoms with van der Waals surface area (Å²) in [4.78, 5) is 62.6. The molecule has 0 saturated carbocycles. The Morgan fingerprint density at radius 2 is 1.74 bits per heavy atom. The summed E-state index contributed by atoms with van der Waals surface area (Å²) in [7, 11) is 0. The number of carboxylic acids is 1. The predicted molar refractivity (Wildman–Crippen MR) is 125 cm³/mol. The van der Waals surface area contributed by atoms with Crippen molar-refractivity contribution < 1.29 is 34.2 Å². The zero-order chi connectivity index (χ0) is 26.3. The zero-order valence-corrected chi connectivity index (χ0v) is 19.8. The highest BCUT2D eigenvalue weighted by Gasteiger charge is 2.38. The van der Waals surface area contributed by atoms with E-state index < -0.39 is 66.1 Å². The Hall–Kier alpha value is -3.67. The van der Waals surface area contributed by atoms with Gasteiger partial charge < -0.3 is 37.2 Å². The lowest BCUT2D eigenvalue weighted by Gasteiger charge is -2.29. The number of hydrogen-bond donors (Lipinski definition) is 6. The summed E-state index contributed by atoms with van der Waals surface area (Å²) in [5.74, 6) is -4.38. The van der Waals surface area contributed by atoms with Crippen LogP contribution in [0.15, 0.2) is 24.3 Å². The standard InChI is InChI=1S/C23H33N5O7/c1-12(2)19(21(32)26-16(23(34)35)11-18(25)30)27-20(31)17-4-3-9-28(17)22(33)15(24)10-13-5-7-14(29)8-6-13/h5-8,12,15-17,19,29H,3-4,9-11,24H2,1-2H3,(H2,25,30)(H,26,32)(H,27,31)(H,34,35). The van der Waals surface area contributed by atoms with Crippen molar-refractivity contribution in [1.29, 1.82) is 0 Å². The highest BCUT2D eigenvalue weighted by Crippen LogP contribution is 2.20. The first-order chi connectivity index (χ1) is 16.4. The monoisotopic (exact) mass is 491 g/mol. The first kappa shape index (κ1) is 27.6. The molecule has 0 radical (unpaired) electrons. The van der Waals surface area contributed by atoms with E-state index in [9.17, 15) is 34.2 Å². The molecule has 4 amide bonds. The number of rotatable bonds is 11. The van der Waals surface area contributed by atoms with Crippen LogP contribution in [-0.2, 0) is 30.4 Å². The number of amides is 4. The van der Waals surface area contributed by atoms with Crippen LogP contribution in [0.25, 0.3) is 0 Å². The van der Waals surface area contributed by atoms with E-state index in [4.69, 9.17) is 11.5 Å². The van der Waals surface area contributed by atoms with Gasteiger partial charge in [-0.15, -0.1) is 0 Å². The summed E-state index contributed by atoms with van der Waals surface area (Å²) < 4.78 is 0. The number of carbonyl (C=O) groups excluding carboxylic acids is 4. The summed E-state index contributed by atoms with van der Waals surface area (Å²) >= 11 is 0. The van der Waals surface area contributed by atoms with Gasteiger partial charge >= 0.3 is 5.97 Å². The van der Waals surface area contributed by atoms with Gasteiger partial charge in [-0.3, -0.25) is 19.2 Å². The highest BCUT2D eigenvalue weighted by molar-refractivity contribution is 5.95. The van der Waals surface area contributed by atoms with Gasteiger partial charge in [-0.05, 0) is 42.9 Å². The van der Waals surface area contributed by atoms with Crippen molar-refractivity contribution in [1.82, 2.24) is 15.5 Å². The first-order valence-corrected chi connectivity index (χ1v) is 11.4. The average molecular weight is 492 g/mol. The quantitative estimate of drug-likeness (QED) is 0.222. The van der Waals surface area contributed by atoms with Crippen LogP contribution in [0.2, 0.25) is 0 Å². The minimum Gasteiger partial charge on any atom is -0.508 e. The molecule has 1 fully saturated rings. The van der Waals surface area contributed by atoms with Crippen molar-refractivity contribution >= 4 is 29.6 Å². The Bertz CT molecular complexity index is 950. The van der Waals surface area contributed by atoms with Gasteiger partial charge in [0.2, 0.25) is 23.6 Å². The second-order valence-corrected chi connectivity index (χ2v) is 8.97. The van der Waals surface area contributed by atoms with Gasteiger partial charge in [-0.25, -0.2) is 4.79 Å². The van der Waals surface area contributed by atoms with Crippen molar-refractivity contribution in [3.63, 3.8) is 0 Å². The van der Waals surface area contributed by atoms with E-state index in [0.29, 0.717) is 19.4 Å². The van der Waals surface area contributed by atoms with Gasteiger partial charge in [0.15, 0.2) is 0 Å². The number of aromatic hydroxyl groups is 1. The summed E-state index contributed by atoms with van der Waals surface area (Å²) in [6.07, 6.45) is 0.588.